The minimum absolute atomic E-state index is 0.150. The Morgan fingerprint density at radius 2 is 1.73 bits per heavy atom. The van der Waals surface area contributed by atoms with Gasteiger partial charge in [-0.3, -0.25) is 9.59 Å². The second kappa shape index (κ2) is 9.16. The van der Waals surface area contributed by atoms with Gasteiger partial charge in [0, 0.05) is 22.8 Å². The van der Waals surface area contributed by atoms with E-state index in [1.54, 1.807) is 30.3 Å². The Bertz CT molecular complexity index is 1260. The molecule has 2 aromatic carbocycles. The Morgan fingerprint density at radius 1 is 1.03 bits per heavy atom. The van der Waals surface area contributed by atoms with Gasteiger partial charge in [0.25, 0.3) is 5.91 Å². The molecule has 1 saturated heterocycles. The molecule has 4 rings (SSSR count). The summed E-state index contributed by atoms with van der Waals surface area (Å²) >= 11 is 0. The highest BCUT2D eigenvalue weighted by atomic mass is 16.2. The fourth-order valence-corrected chi connectivity index (χ4v) is 4.07. The number of aryl methyl sites for hydroxylation is 2. The molecule has 1 aliphatic heterocycles. The molecule has 0 unspecified atom stereocenters. The zero-order chi connectivity index (χ0) is 23.5. The highest BCUT2D eigenvalue weighted by molar-refractivity contribution is 6.16. The predicted octanol–water partition coefficient (Wildman–Crippen LogP) is 4.19. The maximum absolute atomic E-state index is 12.9. The maximum atomic E-state index is 12.9. The van der Waals surface area contributed by atoms with E-state index in [0.717, 1.165) is 34.0 Å². The van der Waals surface area contributed by atoms with Crippen LogP contribution in [0.4, 0.5) is 10.5 Å². The molecule has 0 atom stereocenters. The van der Waals surface area contributed by atoms with Gasteiger partial charge in [0.1, 0.15) is 12.2 Å². The number of carbonyl (C=O) groups is 3. The lowest BCUT2D eigenvalue weighted by Crippen LogP contribution is -2.38. The van der Waals surface area contributed by atoms with Crippen LogP contribution in [0.3, 0.4) is 0 Å². The van der Waals surface area contributed by atoms with Crippen LogP contribution in [0.2, 0.25) is 0 Å². The van der Waals surface area contributed by atoms with Gasteiger partial charge >= 0.3 is 6.03 Å². The third-order valence-electron chi connectivity index (χ3n) is 5.71. The first-order valence-electron chi connectivity index (χ1n) is 10.9. The Labute approximate surface area is 192 Å². The summed E-state index contributed by atoms with van der Waals surface area (Å²) in [5, 5.41) is 5.29. The van der Waals surface area contributed by atoms with Crippen LogP contribution < -0.4 is 10.6 Å². The molecule has 7 heteroatoms. The summed E-state index contributed by atoms with van der Waals surface area (Å²) in [6.45, 7) is 5.75. The van der Waals surface area contributed by atoms with E-state index in [1.165, 1.54) is 5.56 Å². The molecule has 33 heavy (non-hydrogen) atoms. The van der Waals surface area contributed by atoms with Crippen LogP contribution in [-0.2, 0) is 16.0 Å². The molecular formula is C26H26N4O3. The van der Waals surface area contributed by atoms with Gasteiger partial charge in [-0.05, 0) is 61.7 Å². The summed E-state index contributed by atoms with van der Waals surface area (Å²) in [7, 11) is 0. The molecule has 7 nitrogen and oxygen atoms in total. The Kier molecular flexibility index (Phi) is 6.13. The first-order valence-corrected chi connectivity index (χ1v) is 10.9. The number of para-hydroxylation sites is 2. The summed E-state index contributed by atoms with van der Waals surface area (Å²) in [5.41, 5.74) is 5.89. The van der Waals surface area contributed by atoms with Crippen molar-refractivity contribution in [1.82, 2.24) is 14.8 Å². The van der Waals surface area contributed by atoms with Crippen molar-refractivity contribution < 1.29 is 14.4 Å². The average molecular weight is 443 g/mol. The number of benzene rings is 2. The van der Waals surface area contributed by atoms with Crippen LogP contribution in [0.25, 0.3) is 11.8 Å². The predicted molar refractivity (Wildman–Crippen MR) is 128 cm³/mol. The molecule has 0 bridgehead atoms. The number of aromatic nitrogens is 1. The number of rotatable bonds is 6. The lowest BCUT2D eigenvalue weighted by atomic mass is 10.1. The second-order valence-corrected chi connectivity index (χ2v) is 7.94. The number of anilines is 1. The third kappa shape index (κ3) is 4.43. The molecule has 1 aliphatic rings. The smallest absolute Gasteiger partial charge is 0.325 e. The van der Waals surface area contributed by atoms with Crippen LogP contribution >= 0.6 is 0 Å². The van der Waals surface area contributed by atoms with Crippen LogP contribution in [0.15, 0.2) is 66.4 Å². The molecule has 0 saturated carbocycles. The summed E-state index contributed by atoms with van der Waals surface area (Å²) in [6, 6.07) is 18.5. The van der Waals surface area contributed by atoms with E-state index in [0.29, 0.717) is 5.69 Å². The standard InChI is InChI=1S/C26H26N4O3/c1-4-19-10-8-9-13-23(19)30-17(2)14-20(18(30)3)15-22-25(32)29(26(33)28-22)16-24(31)27-21-11-6-5-7-12-21/h5-15H,4,16H2,1-3H3,(H,27,31)(H,28,33)/b22-15-. The average Bonchev–Trinajstić information content (AvgIpc) is 3.23. The van der Waals surface area contributed by atoms with Crippen molar-refractivity contribution >= 4 is 29.6 Å². The number of carbonyl (C=O) groups excluding carboxylic acids is 3. The lowest BCUT2D eigenvalue weighted by molar-refractivity contribution is -0.127. The second-order valence-electron chi connectivity index (χ2n) is 7.94. The van der Waals surface area contributed by atoms with Gasteiger partial charge in [-0.25, -0.2) is 9.69 Å². The quantitative estimate of drug-likeness (QED) is 0.444. The van der Waals surface area contributed by atoms with Gasteiger partial charge in [-0.2, -0.15) is 0 Å². The van der Waals surface area contributed by atoms with E-state index in [4.69, 9.17) is 0 Å². The van der Waals surface area contributed by atoms with Gasteiger partial charge in [0.05, 0.1) is 0 Å². The number of imide groups is 1. The van der Waals surface area contributed by atoms with E-state index >= 15 is 0 Å². The van der Waals surface area contributed by atoms with Gasteiger partial charge in [0.2, 0.25) is 5.91 Å². The number of nitrogens with zero attached hydrogens (tertiary/aromatic N) is 2. The van der Waals surface area contributed by atoms with Gasteiger partial charge in [0.15, 0.2) is 0 Å². The van der Waals surface area contributed by atoms with Crippen LogP contribution in [0.1, 0.15) is 29.4 Å². The van der Waals surface area contributed by atoms with Crippen molar-refractivity contribution in [2.75, 3.05) is 11.9 Å². The third-order valence-corrected chi connectivity index (χ3v) is 5.71. The van der Waals surface area contributed by atoms with Gasteiger partial charge in [-0.1, -0.05) is 43.3 Å². The van der Waals surface area contributed by atoms with Gasteiger partial charge < -0.3 is 15.2 Å². The van der Waals surface area contributed by atoms with Crippen molar-refractivity contribution in [3.8, 4) is 5.69 Å². The molecule has 0 aliphatic carbocycles. The molecule has 168 valence electrons. The lowest BCUT2D eigenvalue weighted by Gasteiger charge is -2.14. The molecular weight excluding hydrogens is 416 g/mol. The Hall–Kier alpha value is -4.13. The van der Waals surface area contributed by atoms with E-state index < -0.39 is 17.8 Å². The van der Waals surface area contributed by atoms with E-state index in [-0.39, 0.29) is 12.2 Å². The normalized spacial score (nSPS) is 14.6. The van der Waals surface area contributed by atoms with Crippen LogP contribution in [0.5, 0.6) is 0 Å². The van der Waals surface area contributed by atoms with E-state index in [2.05, 4.69) is 34.3 Å². The van der Waals surface area contributed by atoms with Crippen molar-refractivity contribution in [2.45, 2.75) is 27.2 Å². The Balaban J connectivity index is 1.56. The first kappa shape index (κ1) is 22.1. The zero-order valence-corrected chi connectivity index (χ0v) is 18.9. The summed E-state index contributed by atoms with van der Waals surface area (Å²) in [4.78, 5) is 38.5. The fourth-order valence-electron chi connectivity index (χ4n) is 4.07. The zero-order valence-electron chi connectivity index (χ0n) is 18.9. The summed E-state index contributed by atoms with van der Waals surface area (Å²) in [5.74, 6) is -0.970. The topological polar surface area (TPSA) is 83.4 Å². The molecule has 2 N–H and O–H groups in total. The maximum Gasteiger partial charge on any atom is 0.329 e. The molecule has 2 heterocycles. The largest absolute Gasteiger partial charge is 0.329 e. The van der Waals surface area contributed by atoms with Crippen molar-refractivity contribution in [3.63, 3.8) is 0 Å². The molecule has 4 amide bonds. The fraction of sp³-hybridized carbons (Fsp3) is 0.192. The summed E-state index contributed by atoms with van der Waals surface area (Å²) < 4.78 is 2.15. The molecule has 0 radical (unpaired) electrons. The number of urea groups is 1. The monoisotopic (exact) mass is 442 g/mol. The van der Waals surface area contributed by atoms with Crippen molar-refractivity contribution in [1.29, 1.82) is 0 Å². The first-order chi connectivity index (χ1) is 15.9. The van der Waals surface area contributed by atoms with Gasteiger partial charge in [-0.15, -0.1) is 0 Å². The number of amides is 4. The van der Waals surface area contributed by atoms with Crippen LogP contribution in [-0.4, -0.2) is 33.9 Å². The highest BCUT2D eigenvalue weighted by Crippen LogP contribution is 2.26. The SMILES string of the molecule is CCc1ccccc1-n1c(C)cc(/C=C2\NC(=O)N(CC(=O)Nc3ccccc3)C2=O)c1C. The number of hydrogen-bond acceptors (Lipinski definition) is 3. The Morgan fingerprint density at radius 3 is 2.45 bits per heavy atom. The molecule has 1 aromatic heterocycles. The minimum Gasteiger partial charge on any atom is -0.325 e. The highest BCUT2D eigenvalue weighted by Gasteiger charge is 2.35. The molecule has 1 fully saturated rings. The summed E-state index contributed by atoms with van der Waals surface area (Å²) in [6.07, 6.45) is 2.57. The van der Waals surface area contributed by atoms with E-state index in [9.17, 15) is 14.4 Å². The number of nitrogens with one attached hydrogen (secondary N) is 2. The molecule has 0 spiro atoms. The van der Waals surface area contributed by atoms with Crippen molar-refractivity contribution in [2.24, 2.45) is 0 Å². The minimum atomic E-state index is -0.611. The molecule has 3 aromatic rings. The number of hydrogen-bond donors (Lipinski definition) is 2. The van der Waals surface area contributed by atoms with Crippen molar-refractivity contribution in [3.05, 3.63) is 88.9 Å². The van der Waals surface area contributed by atoms with E-state index in [1.807, 2.05) is 38.1 Å². The van der Waals surface area contributed by atoms with Crippen LogP contribution in [0, 0.1) is 13.8 Å².